The van der Waals surface area contributed by atoms with Crippen molar-refractivity contribution in [2.45, 2.75) is 118 Å². The number of rotatable bonds is 12. The van der Waals surface area contributed by atoms with E-state index >= 15 is 0 Å². The van der Waals surface area contributed by atoms with Crippen molar-refractivity contribution in [1.82, 2.24) is 0 Å². The summed E-state index contributed by atoms with van der Waals surface area (Å²) in [6.07, 6.45) is 17.3. The minimum Gasteiger partial charge on any atom is -0.370 e. The monoisotopic (exact) mass is 301 g/mol. The zero-order valence-corrected chi connectivity index (χ0v) is 15.7. The van der Waals surface area contributed by atoms with E-state index in [1.807, 2.05) is 20.8 Å². The Labute approximate surface area is 135 Å². The van der Waals surface area contributed by atoms with E-state index in [9.17, 15) is 4.79 Å². The highest BCUT2D eigenvalue weighted by Crippen LogP contribution is 2.10. The number of nitrogens with two attached hydrogens (primary N) is 1. The van der Waals surface area contributed by atoms with Crippen LogP contribution < -0.4 is 5.73 Å². The molecule has 0 bridgehead atoms. The molecule has 0 spiro atoms. The van der Waals surface area contributed by atoms with Crippen LogP contribution in [0.4, 0.5) is 0 Å². The molecule has 0 saturated carbocycles. The summed E-state index contributed by atoms with van der Waals surface area (Å²) in [4.78, 5) is 9.82. The predicted octanol–water partition coefficient (Wildman–Crippen LogP) is 6.62. The first-order valence-electron chi connectivity index (χ1n) is 9.47. The van der Waals surface area contributed by atoms with Crippen molar-refractivity contribution in [3.05, 3.63) is 0 Å². The topological polar surface area (TPSA) is 43.1 Å². The van der Waals surface area contributed by atoms with Crippen LogP contribution in [0.2, 0.25) is 0 Å². The molecule has 130 valence electrons. The van der Waals surface area contributed by atoms with Gasteiger partial charge in [0, 0.05) is 6.42 Å². The second-order valence-corrected chi connectivity index (χ2v) is 5.40. The van der Waals surface area contributed by atoms with Gasteiger partial charge in [-0.25, -0.2) is 0 Å². The lowest BCUT2D eigenvalue weighted by Crippen LogP contribution is -2.08. The first-order chi connectivity index (χ1) is 10.2. The van der Waals surface area contributed by atoms with Gasteiger partial charge in [0.05, 0.1) is 0 Å². The van der Waals surface area contributed by atoms with Gasteiger partial charge in [0.15, 0.2) is 0 Å². The van der Waals surface area contributed by atoms with Crippen molar-refractivity contribution in [1.29, 1.82) is 0 Å². The number of amides is 1. The Morgan fingerprint density at radius 3 is 1.05 bits per heavy atom. The zero-order valence-electron chi connectivity index (χ0n) is 15.7. The summed E-state index contributed by atoms with van der Waals surface area (Å²) in [5.74, 6) is -0.211. The van der Waals surface area contributed by atoms with Gasteiger partial charge in [0.2, 0.25) is 5.91 Å². The first-order valence-corrected chi connectivity index (χ1v) is 9.47. The van der Waals surface area contributed by atoms with Crippen LogP contribution in [-0.4, -0.2) is 5.91 Å². The van der Waals surface area contributed by atoms with E-state index in [1.54, 1.807) is 0 Å². The second kappa shape index (κ2) is 27.8. The Bertz CT molecular complexity index is 159. The van der Waals surface area contributed by atoms with Gasteiger partial charge >= 0.3 is 0 Å². The van der Waals surface area contributed by atoms with Gasteiger partial charge in [-0.1, -0.05) is 105 Å². The summed E-state index contributed by atoms with van der Waals surface area (Å²) >= 11 is 0. The molecule has 0 aromatic rings. The highest BCUT2D eigenvalue weighted by molar-refractivity contribution is 5.73. The van der Waals surface area contributed by atoms with Crippen molar-refractivity contribution < 1.29 is 4.79 Å². The van der Waals surface area contributed by atoms with E-state index in [1.165, 1.54) is 70.6 Å². The molecule has 21 heavy (non-hydrogen) atoms. The van der Waals surface area contributed by atoms with E-state index in [0.717, 1.165) is 6.42 Å². The Balaban J connectivity index is -0.000000339. The molecule has 0 aliphatic heterocycles. The van der Waals surface area contributed by atoms with E-state index in [2.05, 4.69) is 13.8 Å². The first kappa shape index (κ1) is 25.4. The fourth-order valence-electron chi connectivity index (χ4n) is 1.98. The summed E-state index contributed by atoms with van der Waals surface area (Å²) in [5.41, 5.74) is 4.76. The van der Waals surface area contributed by atoms with Crippen LogP contribution in [0.5, 0.6) is 0 Å². The summed E-state index contributed by atoms with van der Waals surface area (Å²) < 4.78 is 0. The maximum Gasteiger partial charge on any atom is 0.217 e. The average Bonchev–Trinajstić information content (AvgIpc) is 2.48. The van der Waals surface area contributed by atoms with Gasteiger partial charge in [0.25, 0.3) is 0 Å². The SMILES string of the molecule is CC.CCCC(N)=O.CCCCCCCCCCCCC. The third-order valence-electron chi connectivity index (χ3n) is 3.20. The van der Waals surface area contributed by atoms with Gasteiger partial charge in [-0.3, -0.25) is 4.79 Å². The molecule has 0 aromatic carbocycles. The van der Waals surface area contributed by atoms with E-state index in [4.69, 9.17) is 5.73 Å². The fourth-order valence-corrected chi connectivity index (χ4v) is 1.98. The van der Waals surface area contributed by atoms with Crippen LogP contribution in [0.3, 0.4) is 0 Å². The van der Waals surface area contributed by atoms with Crippen molar-refractivity contribution in [3.8, 4) is 0 Å². The third kappa shape index (κ3) is 38.2. The Hall–Kier alpha value is -0.530. The molecule has 0 radical (unpaired) electrons. The summed E-state index contributed by atoms with van der Waals surface area (Å²) in [6, 6.07) is 0. The smallest absolute Gasteiger partial charge is 0.217 e. The van der Waals surface area contributed by atoms with Crippen molar-refractivity contribution in [3.63, 3.8) is 0 Å². The summed E-state index contributed by atoms with van der Waals surface area (Å²) in [5, 5.41) is 0. The van der Waals surface area contributed by atoms with Gasteiger partial charge in [-0.2, -0.15) is 0 Å². The maximum atomic E-state index is 9.82. The molecule has 0 aliphatic rings. The van der Waals surface area contributed by atoms with Gasteiger partial charge in [-0.15, -0.1) is 0 Å². The lowest BCUT2D eigenvalue weighted by Gasteiger charge is -2.00. The molecule has 0 heterocycles. The van der Waals surface area contributed by atoms with Crippen LogP contribution in [0.25, 0.3) is 0 Å². The summed E-state index contributed by atoms with van der Waals surface area (Å²) in [6.45, 7) is 10.5. The molecule has 0 saturated heterocycles. The number of carbonyl (C=O) groups is 1. The molecule has 0 aromatic heterocycles. The molecule has 0 atom stereocenters. The molecular weight excluding hydrogens is 258 g/mol. The molecule has 0 fully saturated rings. The molecule has 1 amide bonds. The van der Waals surface area contributed by atoms with Crippen molar-refractivity contribution in [2.75, 3.05) is 0 Å². The molecule has 0 rings (SSSR count). The highest BCUT2D eigenvalue weighted by Gasteiger charge is 1.91. The van der Waals surface area contributed by atoms with E-state index < -0.39 is 0 Å². The van der Waals surface area contributed by atoms with Crippen LogP contribution >= 0.6 is 0 Å². The Kier molecular flexibility index (Phi) is 33.6. The number of hydrogen-bond donors (Lipinski definition) is 1. The normalized spacial score (nSPS) is 9.19. The minimum absolute atomic E-state index is 0.211. The average molecular weight is 302 g/mol. The number of hydrogen-bond acceptors (Lipinski definition) is 1. The lowest BCUT2D eigenvalue weighted by molar-refractivity contribution is -0.118. The largest absolute Gasteiger partial charge is 0.370 e. The number of primary amides is 1. The second-order valence-electron chi connectivity index (χ2n) is 5.40. The fraction of sp³-hybridized carbons (Fsp3) is 0.947. The highest BCUT2D eigenvalue weighted by atomic mass is 16.1. The standard InChI is InChI=1S/C13H28.C4H9NO.C2H6/c1-3-5-7-9-11-13-12-10-8-6-4-2;1-2-3-4(5)6;1-2/h3-13H2,1-2H3;2-3H2,1H3,(H2,5,6);1-2H3. The number of unbranched alkanes of at least 4 members (excludes halogenated alkanes) is 10. The molecule has 0 unspecified atom stereocenters. The predicted molar refractivity (Wildman–Crippen MR) is 97.6 cm³/mol. The van der Waals surface area contributed by atoms with Crippen LogP contribution in [0, 0.1) is 0 Å². The molecule has 2 nitrogen and oxygen atoms in total. The van der Waals surface area contributed by atoms with Crippen LogP contribution in [0.15, 0.2) is 0 Å². The van der Waals surface area contributed by atoms with Crippen LogP contribution in [-0.2, 0) is 4.79 Å². The van der Waals surface area contributed by atoms with E-state index in [-0.39, 0.29) is 5.91 Å². The van der Waals surface area contributed by atoms with Crippen LogP contribution in [0.1, 0.15) is 118 Å². The zero-order chi connectivity index (χ0) is 16.8. The Morgan fingerprint density at radius 2 is 0.905 bits per heavy atom. The molecule has 0 aliphatic carbocycles. The third-order valence-corrected chi connectivity index (χ3v) is 3.20. The van der Waals surface area contributed by atoms with E-state index in [0.29, 0.717) is 6.42 Å². The lowest BCUT2D eigenvalue weighted by atomic mass is 10.1. The van der Waals surface area contributed by atoms with Gasteiger partial charge in [-0.05, 0) is 6.42 Å². The van der Waals surface area contributed by atoms with Crippen molar-refractivity contribution in [2.24, 2.45) is 5.73 Å². The van der Waals surface area contributed by atoms with Crippen molar-refractivity contribution >= 4 is 5.91 Å². The Morgan fingerprint density at radius 1 is 0.619 bits per heavy atom. The molecule has 2 N–H and O–H groups in total. The maximum absolute atomic E-state index is 9.82. The van der Waals surface area contributed by atoms with Gasteiger partial charge < -0.3 is 5.73 Å². The number of carbonyl (C=O) groups excluding carboxylic acids is 1. The summed E-state index contributed by atoms with van der Waals surface area (Å²) in [7, 11) is 0. The van der Waals surface area contributed by atoms with Gasteiger partial charge in [0.1, 0.15) is 0 Å². The minimum atomic E-state index is -0.211. The molecular formula is C19H43NO. The molecule has 2 heteroatoms. The quantitative estimate of drug-likeness (QED) is 0.405.